The number of hydrogen-bond donors (Lipinski definition) is 2. The maximum Gasteiger partial charge on any atom is 0.283 e. The van der Waals surface area contributed by atoms with E-state index in [-0.39, 0.29) is 11.6 Å². The second-order valence-electron chi connectivity index (χ2n) is 5.28. The third kappa shape index (κ3) is 2.21. The summed E-state index contributed by atoms with van der Waals surface area (Å²) in [5, 5.41) is 14.1. The minimum Gasteiger partial charge on any atom is -0.370 e. The molecular formula is C15H11BrN6O2. The Bertz CT molecular complexity index is 1010. The van der Waals surface area contributed by atoms with Crippen molar-refractivity contribution in [1.82, 2.24) is 9.55 Å². The Morgan fingerprint density at radius 3 is 2.88 bits per heavy atom. The molecule has 0 spiro atoms. The van der Waals surface area contributed by atoms with Gasteiger partial charge in [-0.15, -0.1) is 0 Å². The van der Waals surface area contributed by atoms with E-state index in [4.69, 9.17) is 5.73 Å². The van der Waals surface area contributed by atoms with Crippen molar-refractivity contribution in [3.63, 3.8) is 0 Å². The zero-order valence-corrected chi connectivity index (χ0v) is 13.8. The number of para-hydroxylation sites is 2. The minimum atomic E-state index is -0.527. The van der Waals surface area contributed by atoms with Gasteiger partial charge >= 0.3 is 0 Å². The zero-order valence-electron chi connectivity index (χ0n) is 12.2. The van der Waals surface area contributed by atoms with Crippen LogP contribution in [0.1, 0.15) is 11.7 Å². The van der Waals surface area contributed by atoms with Crippen LogP contribution in [0.2, 0.25) is 0 Å². The first kappa shape index (κ1) is 14.6. The van der Waals surface area contributed by atoms with Gasteiger partial charge in [-0.2, -0.15) is 0 Å². The van der Waals surface area contributed by atoms with Gasteiger partial charge in [0.2, 0.25) is 5.95 Å². The number of nitrogens with two attached hydrogens (primary N) is 1. The van der Waals surface area contributed by atoms with Crippen LogP contribution in [0.3, 0.4) is 0 Å². The van der Waals surface area contributed by atoms with Crippen molar-refractivity contribution in [2.75, 3.05) is 5.32 Å². The van der Waals surface area contributed by atoms with Crippen molar-refractivity contribution in [2.45, 2.75) is 6.17 Å². The van der Waals surface area contributed by atoms with Gasteiger partial charge in [0.15, 0.2) is 12.1 Å². The van der Waals surface area contributed by atoms with E-state index >= 15 is 0 Å². The number of aromatic nitrogens is 2. The number of nitrogens with one attached hydrogen (secondary N) is 1. The quantitative estimate of drug-likeness (QED) is 0.519. The van der Waals surface area contributed by atoms with Crippen LogP contribution in [0.5, 0.6) is 0 Å². The smallest absolute Gasteiger partial charge is 0.283 e. The summed E-state index contributed by atoms with van der Waals surface area (Å²) in [5.74, 6) is 0.771. The van der Waals surface area contributed by atoms with Crippen molar-refractivity contribution in [2.24, 2.45) is 10.7 Å². The van der Waals surface area contributed by atoms with E-state index in [0.717, 1.165) is 11.0 Å². The molecule has 0 saturated carbocycles. The lowest BCUT2D eigenvalue weighted by molar-refractivity contribution is -0.385. The van der Waals surface area contributed by atoms with Crippen molar-refractivity contribution in [3.8, 4) is 0 Å². The molecule has 2 heterocycles. The van der Waals surface area contributed by atoms with Gasteiger partial charge in [-0.05, 0) is 34.1 Å². The Balaban J connectivity index is 1.94. The Morgan fingerprint density at radius 1 is 1.29 bits per heavy atom. The highest BCUT2D eigenvalue weighted by molar-refractivity contribution is 9.10. The van der Waals surface area contributed by atoms with Crippen molar-refractivity contribution >= 4 is 44.6 Å². The molecule has 1 aromatic heterocycles. The Hall–Kier alpha value is -2.94. The Morgan fingerprint density at radius 2 is 2.08 bits per heavy atom. The van der Waals surface area contributed by atoms with Crippen LogP contribution in [-0.2, 0) is 0 Å². The van der Waals surface area contributed by atoms with Crippen LogP contribution >= 0.6 is 15.9 Å². The van der Waals surface area contributed by atoms with Crippen LogP contribution in [-0.4, -0.2) is 20.4 Å². The fraction of sp³-hybridized carbons (Fsp3) is 0.0667. The molecule has 3 N–H and O–H groups in total. The zero-order chi connectivity index (χ0) is 16.8. The number of hydrogen-bond acceptors (Lipinski definition) is 6. The number of benzene rings is 2. The maximum atomic E-state index is 11.2. The Kier molecular flexibility index (Phi) is 3.24. The lowest BCUT2D eigenvalue weighted by Crippen LogP contribution is -2.31. The van der Waals surface area contributed by atoms with Crippen LogP contribution in [0.25, 0.3) is 11.0 Å². The van der Waals surface area contributed by atoms with Crippen LogP contribution < -0.4 is 11.1 Å². The second-order valence-corrected chi connectivity index (χ2v) is 6.13. The summed E-state index contributed by atoms with van der Waals surface area (Å²) in [7, 11) is 0. The number of guanidine groups is 1. The predicted molar refractivity (Wildman–Crippen MR) is 93.9 cm³/mol. The molecular weight excluding hydrogens is 376 g/mol. The van der Waals surface area contributed by atoms with Crippen molar-refractivity contribution < 1.29 is 4.92 Å². The molecule has 0 amide bonds. The molecule has 0 fully saturated rings. The fourth-order valence-corrected chi connectivity index (χ4v) is 3.16. The molecule has 0 bridgehead atoms. The van der Waals surface area contributed by atoms with Gasteiger partial charge in [0.1, 0.15) is 0 Å². The molecule has 120 valence electrons. The van der Waals surface area contributed by atoms with E-state index in [2.05, 4.69) is 31.2 Å². The van der Waals surface area contributed by atoms with Crippen LogP contribution in [0, 0.1) is 10.1 Å². The fourth-order valence-electron chi connectivity index (χ4n) is 2.77. The van der Waals surface area contributed by atoms with Gasteiger partial charge in [-0.1, -0.05) is 18.2 Å². The first-order chi connectivity index (χ1) is 11.5. The molecule has 9 heteroatoms. The summed E-state index contributed by atoms with van der Waals surface area (Å²) in [5.41, 5.74) is 8.16. The first-order valence-electron chi connectivity index (χ1n) is 7.05. The number of aliphatic imine (C=N–C) groups is 1. The normalized spacial score (nSPS) is 16.4. The van der Waals surface area contributed by atoms with Gasteiger partial charge < -0.3 is 5.73 Å². The summed E-state index contributed by atoms with van der Waals surface area (Å²) < 4.78 is 2.29. The number of fused-ring (bicyclic) bond motifs is 3. The lowest BCUT2D eigenvalue weighted by atomic mass is 10.1. The summed E-state index contributed by atoms with van der Waals surface area (Å²) in [4.78, 5) is 19.7. The number of rotatable bonds is 2. The summed E-state index contributed by atoms with van der Waals surface area (Å²) in [6, 6.07) is 12.5. The number of imidazole rings is 1. The van der Waals surface area contributed by atoms with E-state index in [9.17, 15) is 10.1 Å². The van der Waals surface area contributed by atoms with E-state index < -0.39 is 11.1 Å². The highest BCUT2D eigenvalue weighted by Gasteiger charge is 2.26. The molecule has 2 aromatic carbocycles. The average Bonchev–Trinajstić information content (AvgIpc) is 2.92. The molecule has 1 atom stereocenters. The number of halogens is 1. The highest BCUT2D eigenvalue weighted by atomic mass is 79.9. The summed E-state index contributed by atoms with van der Waals surface area (Å²) in [6.07, 6.45) is -0.527. The van der Waals surface area contributed by atoms with Crippen LogP contribution in [0.15, 0.2) is 51.9 Å². The van der Waals surface area contributed by atoms with E-state index in [1.54, 1.807) is 12.1 Å². The molecule has 0 saturated heterocycles. The number of nitrogens with zero attached hydrogens (tertiary/aromatic N) is 4. The van der Waals surface area contributed by atoms with E-state index in [1.165, 1.54) is 6.07 Å². The van der Waals surface area contributed by atoms with Crippen molar-refractivity contribution in [3.05, 3.63) is 62.6 Å². The lowest BCUT2D eigenvalue weighted by Gasteiger charge is -2.23. The van der Waals surface area contributed by atoms with E-state index in [0.29, 0.717) is 16.0 Å². The van der Waals surface area contributed by atoms with Gasteiger partial charge in [0.25, 0.3) is 5.69 Å². The molecule has 0 radical (unpaired) electrons. The molecule has 1 aliphatic heterocycles. The van der Waals surface area contributed by atoms with Gasteiger partial charge in [0, 0.05) is 11.6 Å². The van der Waals surface area contributed by atoms with Gasteiger partial charge in [-0.3, -0.25) is 20.0 Å². The minimum absolute atomic E-state index is 0.0224. The third-order valence-electron chi connectivity index (χ3n) is 3.81. The van der Waals surface area contributed by atoms with E-state index in [1.807, 2.05) is 28.8 Å². The number of anilines is 1. The van der Waals surface area contributed by atoms with Crippen LogP contribution in [0.4, 0.5) is 11.6 Å². The predicted octanol–water partition coefficient (Wildman–Crippen LogP) is 2.99. The topological polar surface area (TPSA) is 111 Å². The standard InChI is InChI=1S/C15H11BrN6O2/c16-9-6-5-8(7-12(9)22(23)24)13-19-14(17)20-15-18-10-3-1-2-4-11(10)21(13)15/h1-7,13H,(H3,17,18,19,20)/t13-/m1/s1. The summed E-state index contributed by atoms with van der Waals surface area (Å²) in [6.45, 7) is 0. The maximum absolute atomic E-state index is 11.2. The monoisotopic (exact) mass is 386 g/mol. The molecule has 0 unspecified atom stereocenters. The second kappa shape index (κ2) is 5.31. The summed E-state index contributed by atoms with van der Waals surface area (Å²) >= 11 is 3.20. The molecule has 1 aliphatic rings. The third-order valence-corrected chi connectivity index (χ3v) is 4.48. The molecule has 8 nitrogen and oxygen atoms in total. The molecule has 0 aliphatic carbocycles. The largest absolute Gasteiger partial charge is 0.370 e. The SMILES string of the molecule is NC1=N[C@@H](c2ccc(Br)c([N+](=O)[O-])c2)n2c(nc3ccccc32)N1. The first-order valence-corrected chi connectivity index (χ1v) is 7.85. The highest BCUT2D eigenvalue weighted by Crippen LogP contribution is 2.35. The Labute approximate surface area is 144 Å². The molecule has 4 rings (SSSR count). The number of nitro groups is 1. The van der Waals surface area contributed by atoms with Gasteiger partial charge in [0.05, 0.1) is 20.4 Å². The molecule has 3 aromatic rings. The van der Waals surface area contributed by atoms with Crippen molar-refractivity contribution in [1.29, 1.82) is 0 Å². The van der Waals surface area contributed by atoms with Gasteiger partial charge in [-0.25, -0.2) is 9.98 Å². The average molecular weight is 387 g/mol. The number of nitro benzene ring substituents is 1. The molecule has 24 heavy (non-hydrogen) atoms.